The van der Waals surface area contributed by atoms with Gasteiger partial charge in [0, 0.05) is 16.9 Å². The smallest absolute Gasteiger partial charge is 0.303 e. The van der Waals surface area contributed by atoms with Crippen molar-refractivity contribution in [3.63, 3.8) is 0 Å². The summed E-state index contributed by atoms with van der Waals surface area (Å²) in [4.78, 5) is 10.9. The Kier molecular flexibility index (Phi) is 5.88. The second kappa shape index (κ2) is 7.89. The van der Waals surface area contributed by atoms with Crippen molar-refractivity contribution in [2.24, 2.45) is 0 Å². The molecule has 0 radical (unpaired) electrons. The average Bonchev–Trinajstić information content (AvgIpc) is 2.52. The summed E-state index contributed by atoms with van der Waals surface area (Å²) >= 11 is 1.83. The summed E-state index contributed by atoms with van der Waals surface area (Å²) in [6.07, 6.45) is 0.856. The van der Waals surface area contributed by atoms with E-state index in [2.05, 4.69) is 31.2 Å². The third-order valence-corrected chi connectivity index (χ3v) is 4.95. The van der Waals surface area contributed by atoms with Crippen LogP contribution < -0.4 is 0 Å². The largest absolute Gasteiger partial charge is 0.481 e. The highest BCUT2D eigenvalue weighted by atomic mass is 32.2. The van der Waals surface area contributed by atoms with Crippen LogP contribution in [0, 0.1) is 0 Å². The van der Waals surface area contributed by atoms with Crippen LogP contribution in [-0.4, -0.2) is 11.1 Å². The van der Waals surface area contributed by atoms with Gasteiger partial charge in [0.15, 0.2) is 0 Å². The van der Waals surface area contributed by atoms with E-state index in [1.807, 2.05) is 48.2 Å². The molecule has 0 fully saturated rings. The quantitative estimate of drug-likeness (QED) is 0.774. The number of thioether (sulfide) groups is 1. The van der Waals surface area contributed by atoms with Crippen LogP contribution in [0.25, 0.3) is 0 Å². The molecule has 2 nitrogen and oxygen atoms in total. The van der Waals surface area contributed by atoms with Gasteiger partial charge in [-0.25, -0.2) is 0 Å². The van der Waals surface area contributed by atoms with Crippen LogP contribution >= 0.6 is 11.8 Å². The SMILES string of the molecule is CC(SC(CCC(=O)O)c1ccccc1)c1ccccc1. The molecule has 2 aromatic carbocycles. The Morgan fingerprint density at radius 3 is 2.05 bits per heavy atom. The molecule has 110 valence electrons. The van der Waals surface area contributed by atoms with E-state index in [1.165, 1.54) is 11.1 Å². The number of carbonyl (C=O) groups is 1. The van der Waals surface area contributed by atoms with Gasteiger partial charge < -0.3 is 5.11 Å². The molecule has 0 heterocycles. The molecule has 0 bridgehead atoms. The number of carboxylic acid groups (broad SMARTS) is 1. The Labute approximate surface area is 130 Å². The Hall–Kier alpha value is -1.74. The first-order valence-corrected chi connectivity index (χ1v) is 8.08. The number of carboxylic acids is 1. The Bertz CT molecular complexity index is 554. The van der Waals surface area contributed by atoms with Crippen molar-refractivity contribution in [3.05, 3.63) is 71.8 Å². The Morgan fingerprint density at radius 1 is 1.00 bits per heavy atom. The molecule has 2 unspecified atom stereocenters. The summed E-state index contributed by atoms with van der Waals surface area (Å²) in [6.45, 7) is 2.18. The second-order valence-electron chi connectivity index (χ2n) is 5.02. The van der Waals surface area contributed by atoms with E-state index >= 15 is 0 Å². The van der Waals surface area contributed by atoms with Crippen LogP contribution in [0.5, 0.6) is 0 Å². The molecule has 0 spiro atoms. The Balaban J connectivity index is 2.10. The lowest BCUT2D eigenvalue weighted by Crippen LogP contribution is -2.02. The fourth-order valence-electron chi connectivity index (χ4n) is 2.28. The van der Waals surface area contributed by atoms with Crippen LogP contribution in [-0.2, 0) is 4.79 Å². The normalized spacial score (nSPS) is 13.6. The number of rotatable bonds is 7. The molecule has 0 saturated heterocycles. The van der Waals surface area contributed by atoms with E-state index < -0.39 is 5.97 Å². The fraction of sp³-hybridized carbons (Fsp3) is 0.278. The molecule has 0 aliphatic rings. The van der Waals surface area contributed by atoms with Crippen LogP contribution in [0.1, 0.15) is 41.4 Å². The molecule has 2 aromatic rings. The van der Waals surface area contributed by atoms with E-state index in [9.17, 15) is 4.79 Å². The first kappa shape index (κ1) is 15.6. The zero-order chi connectivity index (χ0) is 15.1. The maximum Gasteiger partial charge on any atom is 0.303 e. The van der Waals surface area contributed by atoms with Gasteiger partial charge in [-0.2, -0.15) is 0 Å². The summed E-state index contributed by atoms with van der Waals surface area (Å²) < 4.78 is 0. The van der Waals surface area contributed by atoms with Crippen LogP contribution in [0.2, 0.25) is 0 Å². The molecule has 21 heavy (non-hydrogen) atoms. The van der Waals surface area contributed by atoms with Gasteiger partial charge in [-0.3, -0.25) is 4.79 Å². The monoisotopic (exact) mass is 300 g/mol. The first-order chi connectivity index (χ1) is 10.2. The van der Waals surface area contributed by atoms with E-state index in [1.54, 1.807) is 0 Å². The summed E-state index contributed by atoms with van der Waals surface area (Å²) in [7, 11) is 0. The standard InChI is InChI=1S/C18H20O2S/c1-14(15-8-4-2-5-9-15)21-17(12-13-18(19)20)16-10-6-3-7-11-16/h2-11,14,17H,12-13H2,1H3,(H,19,20). The maximum atomic E-state index is 10.9. The van der Waals surface area contributed by atoms with Gasteiger partial charge in [-0.05, 0) is 24.5 Å². The summed E-state index contributed by atoms with van der Waals surface area (Å²) in [5.74, 6) is -0.733. The lowest BCUT2D eigenvalue weighted by Gasteiger charge is -2.21. The molecule has 0 aromatic heterocycles. The topological polar surface area (TPSA) is 37.3 Å². The highest BCUT2D eigenvalue weighted by Crippen LogP contribution is 2.42. The lowest BCUT2D eigenvalue weighted by molar-refractivity contribution is -0.137. The molecule has 1 N–H and O–H groups in total. The maximum absolute atomic E-state index is 10.9. The van der Waals surface area contributed by atoms with Gasteiger partial charge in [-0.15, -0.1) is 11.8 Å². The Morgan fingerprint density at radius 2 is 1.52 bits per heavy atom. The van der Waals surface area contributed by atoms with Crippen molar-refractivity contribution in [3.8, 4) is 0 Å². The van der Waals surface area contributed by atoms with Gasteiger partial charge in [0.05, 0.1) is 0 Å². The number of hydrogen-bond donors (Lipinski definition) is 1. The van der Waals surface area contributed by atoms with Crippen molar-refractivity contribution in [2.45, 2.75) is 30.3 Å². The zero-order valence-electron chi connectivity index (χ0n) is 12.1. The lowest BCUT2D eigenvalue weighted by atomic mass is 10.1. The molecule has 2 atom stereocenters. The average molecular weight is 300 g/mol. The minimum Gasteiger partial charge on any atom is -0.481 e. The predicted molar refractivity (Wildman–Crippen MR) is 88.5 cm³/mol. The molecule has 0 amide bonds. The zero-order valence-corrected chi connectivity index (χ0v) is 12.9. The van der Waals surface area contributed by atoms with Gasteiger partial charge in [0.2, 0.25) is 0 Å². The van der Waals surface area contributed by atoms with Crippen molar-refractivity contribution in [2.75, 3.05) is 0 Å². The van der Waals surface area contributed by atoms with Crippen molar-refractivity contribution < 1.29 is 9.90 Å². The predicted octanol–water partition coefficient (Wildman–Crippen LogP) is 5.09. The fourth-order valence-corrected chi connectivity index (χ4v) is 3.66. The van der Waals surface area contributed by atoms with Gasteiger partial charge >= 0.3 is 5.97 Å². The third-order valence-electron chi connectivity index (χ3n) is 3.43. The molecule has 3 heteroatoms. The van der Waals surface area contributed by atoms with Crippen LogP contribution in [0.15, 0.2) is 60.7 Å². The molecular weight excluding hydrogens is 280 g/mol. The summed E-state index contributed by atoms with van der Waals surface area (Å²) in [6, 6.07) is 20.5. The summed E-state index contributed by atoms with van der Waals surface area (Å²) in [5.41, 5.74) is 2.48. The highest BCUT2D eigenvalue weighted by molar-refractivity contribution is 7.99. The van der Waals surface area contributed by atoms with Crippen LogP contribution in [0.3, 0.4) is 0 Å². The van der Waals surface area contributed by atoms with Crippen molar-refractivity contribution in [1.29, 1.82) is 0 Å². The van der Waals surface area contributed by atoms with Gasteiger partial charge in [0.1, 0.15) is 0 Å². The number of hydrogen-bond acceptors (Lipinski definition) is 2. The van der Waals surface area contributed by atoms with E-state index in [-0.39, 0.29) is 11.7 Å². The number of benzene rings is 2. The minimum absolute atomic E-state index is 0.202. The van der Waals surface area contributed by atoms with Crippen molar-refractivity contribution in [1.82, 2.24) is 0 Å². The van der Waals surface area contributed by atoms with Crippen LogP contribution in [0.4, 0.5) is 0 Å². The molecule has 0 aliphatic heterocycles. The van der Waals surface area contributed by atoms with Crippen molar-refractivity contribution >= 4 is 17.7 Å². The highest BCUT2D eigenvalue weighted by Gasteiger charge is 2.18. The molecule has 0 saturated carbocycles. The third kappa shape index (κ3) is 4.94. The van der Waals surface area contributed by atoms with E-state index in [0.29, 0.717) is 11.7 Å². The van der Waals surface area contributed by atoms with E-state index in [0.717, 1.165) is 0 Å². The molecule has 0 aliphatic carbocycles. The van der Waals surface area contributed by atoms with Gasteiger partial charge in [0.25, 0.3) is 0 Å². The van der Waals surface area contributed by atoms with E-state index in [4.69, 9.17) is 5.11 Å². The van der Waals surface area contributed by atoms with Gasteiger partial charge in [-0.1, -0.05) is 60.7 Å². The molecular formula is C18H20O2S. The number of aliphatic carboxylic acids is 1. The first-order valence-electron chi connectivity index (χ1n) is 7.14. The minimum atomic E-state index is -0.733. The summed E-state index contributed by atoms with van der Waals surface area (Å²) in [5, 5.41) is 9.50. The molecule has 2 rings (SSSR count). The second-order valence-corrected chi connectivity index (χ2v) is 6.57.